The summed E-state index contributed by atoms with van der Waals surface area (Å²) >= 11 is 0. The van der Waals surface area contributed by atoms with Gasteiger partial charge < -0.3 is 18.8 Å². The van der Waals surface area contributed by atoms with Crippen LogP contribution in [0.25, 0.3) is 11.5 Å². The van der Waals surface area contributed by atoms with Crippen LogP contribution in [0.2, 0.25) is 0 Å². The molecule has 1 aromatic heterocycles. The molecule has 4 rings (SSSR count). The van der Waals surface area contributed by atoms with Gasteiger partial charge in [-0.15, -0.1) is 10.2 Å². The molecule has 0 bridgehead atoms. The summed E-state index contributed by atoms with van der Waals surface area (Å²) in [6, 6.07) is 14.1. The van der Waals surface area contributed by atoms with Gasteiger partial charge in [-0.3, -0.25) is 0 Å². The van der Waals surface area contributed by atoms with Gasteiger partial charge in [0.05, 0.1) is 20.8 Å². The van der Waals surface area contributed by atoms with E-state index in [-0.39, 0.29) is 0 Å². The zero-order valence-electron chi connectivity index (χ0n) is 14.9. The Morgan fingerprint density at radius 2 is 1.88 bits per heavy atom. The molecule has 0 N–H and O–H groups in total. The second-order valence-corrected chi connectivity index (χ2v) is 6.22. The van der Waals surface area contributed by atoms with E-state index in [1.54, 1.807) is 14.2 Å². The summed E-state index contributed by atoms with van der Waals surface area (Å²) < 4.78 is 16.5. The molecule has 2 aromatic carbocycles. The highest BCUT2D eigenvalue weighted by Gasteiger charge is 2.19. The molecule has 2 heterocycles. The molecular weight excluding hydrogens is 330 g/mol. The van der Waals surface area contributed by atoms with Crippen molar-refractivity contribution in [2.45, 2.75) is 19.4 Å². The quantitative estimate of drug-likeness (QED) is 0.698. The largest absolute Gasteiger partial charge is 0.493 e. The van der Waals surface area contributed by atoms with Crippen LogP contribution in [0.3, 0.4) is 0 Å². The normalized spacial score (nSPS) is 13.4. The van der Waals surface area contributed by atoms with Crippen molar-refractivity contribution in [3.05, 3.63) is 53.9 Å². The first kappa shape index (κ1) is 16.4. The first-order valence-corrected chi connectivity index (χ1v) is 8.66. The van der Waals surface area contributed by atoms with E-state index in [2.05, 4.69) is 39.4 Å². The van der Waals surface area contributed by atoms with Gasteiger partial charge >= 0.3 is 0 Å². The predicted octanol–water partition coefficient (Wildman–Crippen LogP) is 3.71. The molecule has 134 valence electrons. The van der Waals surface area contributed by atoms with Crippen LogP contribution in [0.15, 0.2) is 46.9 Å². The van der Waals surface area contributed by atoms with Gasteiger partial charge in [0.15, 0.2) is 11.5 Å². The molecule has 6 nitrogen and oxygen atoms in total. The first-order chi connectivity index (χ1) is 12.8. The Labute approximate surface area is 152 Å². The molecular formula is C20H21N3O3. The van der Waals surface area contributed by atoms with Gasteiger partial charge in [0.25, 0.3) is 0 Å². The van der Waals surface area contributed by atoms with Gasteiger partial charge in [-0.1, -0.05) is 18.2 Å². The molecule has 3 aromatic rings. The summed E-state index contributed by atoms with van der Waals surface area (Å²) in [5.41, 5.74) is 3.43. The third kappa shape index (κ3) is 3.10. The van der Waals surface area contributed by atoms with Crippen molar-refractivity contribution in [1.29, 1.82) is 0 Å². The molecule has 6 heteroatoms. The van der Waals surface area contributed by atoms with Crippen LogP contribution in [0.4, 0.5) is 5.69 Å². The number of ether oxygens (including phenoxy) is 2. The smallest absolute Gasteiger partial charge is 0.247 e. The van der Waals surface area contributed by atoms with Crippen molar-refractivity contribution in [3.63, 3.8) is 0 Å². The molecule has 26 heavy (non-hydrogen) atoms. The van der Waals surface area contributed by atoms with E-state index >= 15 is 0 Å². The number of methoxy groups -OCH3 is 2. The highest BCUT2D eigenvalue weighted by Crippen LogP contribution is 2.32. The van der Waals surface area contributed by atoms with Crippen LogP contribution in [0.1, 0.15) is 17.9 Å². The lowest BCUT2D eigenvalue weighted by Crippen LogP contribution is -2.28. The fourth-order valence-electron chi connectivity index (χ4n) is 3.34. The van der Waals surface area contributed by atoms with Crippen molar-refractivity contribution in [2.24, 2.45) is 0 Å². The van der Waals surface area contributed by atoms with Crippen LogP contribution in [0.5, 0.6) is 11.5 Å². The van der Waals surface area contributed by atoms with Crippen LogP contribution in [-0.2, 0) is 13.0 Å². The number of aromatic nitrogens is 2. The second-order valence-electron chi connectivity index (χ2n) is 6.22. The summed E-state index contributed by atoms with van der Waals surface area (Å²) in [6.45, 7) is 1.60. The molecule has 0 amide bonds. The Hall–Kier alpha value is -3.02. The number of hydrogen-bond donors (Lipinski definition) is 0. The average molecular weight is 351 g/mol. The summed E-state index contributed by atoms with van der Waals surface area (Å²) in [6.07, 6.45) is 2.25. The highest BCUT2D eigenvalue weighted by molar-refractivity contribution is 5.60. The van der Waals surface area contributed by atoms with E-state index in [0.29, 0.717) is 29.8 Å². The van der Waals surface area contributed by atoms with Crippen molar-refractivity contribution in [1.82, 2.24) is 10.2 Å². The summed E-state index contributed by atoms with van der Waals surface area (Å²) in [4.78, 5) is 2.30. The lowest BCUT2D eigenvalue weighted by molar-refractivity contribution is 0.355. The van der Waals surface area contributed by atoms with Crippen LogP contribution in [-0.4, -0.2) is 31.0 Å². The van der Waals surface area contributed by atoms with E-state index in [1.165, 1.54) is 11.3 Å². The van der Waals surface area contributed by atoms with Crippen molar-refractivity contribution in [3.8, 4) is 23.0 Å². The number of para-hydroxylation sites is 1. The Bertz CT molecular complexity index is 907. The predicted molar refractivity (Wildman–Crippen MR) is 98.7 cm³/mol. The topological polar surface area (TPSA) is 60.6 Å². The number of rotatable bonds is 5. The Balaban J connectivity index is 1.56. The Morgan fingerprint density at radius 3 is 2.73 bits per heavy atom. The second kappa shape index (κ2) is 7.07. The summed E-state index contributed by atoms with van der Waals surface area (Å²) in [5, 5.41) is 8.43. The van der Waals surface area contributed by atoms with Gasteiger partial charge in [0.2, 0.25) is 11.8 Å². The highest BCUT2D eigenvalue weighted by atomic mass is 16.5. The molecule has 0 aliphatic carbocycles. The standard InChI is InChI=1S/C20H21N3O3/c1-24-17-10-9-15(12-18(17)25-2)20-22-21-19(26-20)13-23-11-5-7-14-6-3-4-8-16(14)23/h3-4,6,8-10,12H,5,7,11,13H2,1-2H3. The summed E-state index contributed by atoms with van der Waals surface area (Å²) in [7, 11) is 3.22. The molecule has 0 unspecified atom stereocenters. The maximum atomic E-state index is 5.90. The van der Waals surface area contributed by atoms with E-state index in [1.807, 2.05) is 18.2 Å². The van der Waals surface area contributed by atoms with Crippen molar-refractivity contribution in [2.75, 3.05) is 25.7 Å². The van der Waals surface area contributed by atoms with Crippen LogP contribution >= 0.6 is 0 Å². The minimum Gasteiger partial charge on any atom is -0.493 e. The third-order valence-corrected chi connectivity index (χ3v) is 4.63. The van der Waals surface area contributed by atoms with Crippen LogP contribution < -0.4 is 14.4 Å². The summed E-state index contributed by atoms with van der Waals surface area (Å²) in [5.74, 6) is 2.38. The maximum Gasteiger partial charge on any atom is 0.247 e. The lowest BCUT2D eigenvalue weighted by atomic mass is 10.0. The van der Waals surface area contributed by atoms with Crippen molar-refractivity contribution >= 4 is 5.69 Å². The number of nitrogens with zero attached hydrogens (tertiary/aromatic N) is 3. The molecule has 0 fully saturated rings. The van der Waals surface area contributed by atoms with E-state index in [0.717, 1.165) is 24.9 Å². The van der Waals surface area contributed by atoms with Gasteiger partial charge in [-0.05, 0) is 42.7 Å². The number of hydrogen-bond acceptors (Lipinski definition) is 6. The minimum atomic E-state index is 0.478. The van der Waals surface area contributed by atoms with Crippen LogP contribution in [0, 0.1) is 0 Å². The van der Waals surface area contributed by atoms with E-state index < -0.39 is 0 Å². The fourth-order valence-corrected chi connectivity index (χ4v) is 3.34. The molecule has 0 spiro atoms. The molecule has 0 saturated carbocycles. The van der Waals surface area contributed by atoms with Gasteiger partial charge in [-0.25, -0.2) is 0 Å². The lowest BCUT2D eigenvalue weighted by Gasteiger charge is -2.29. The van der Waals surface area contributed by atoms with E-state index in [4.69, 9.17) is 13.9 Å². The zero-order chi connectivity index (χ0) is 17.9. The fraction of sp³-hybridized carbons (Fsp3) is 0.300. The number of anilines is 1. The average Bonchev–Trinajstić information content (AvgIpc) is 3.16. The number of fused-ring (bicyclic) bond motifs is 1. The molecule has 0 atom stereocenters. The number of aryl methyl sites for hydroxylation is 1. The SMILES string of the molecule is COc1ccc(-c2nnc(CN3CCCc4ccccc43)o2)cc1OC. The molecule has 0 radical (unpaired) electrons. The maximum absolute atomic E-state index is 5.90. The number of benzene rings is 2. The van der Waals surface area contributed by atoms with E-state index in [9.17, 15) is 0 Å². The van der Waals surface area contributed by atoms with Gasteiger partial charge in [0, 0.05) is 17.8 Å². The Kier molecular flexibility index (Phi) is 4.48. The molecule has 1 aliphatic rings. The molecule has 1 aliphatic heterocycles. The first-order valence-electron chi connectivity index (χ1n) is 8.66. The monoisotopic (exact) mass is 351 g/mol. The minimum absolute atomic E-state index is 0.478. The van der Waals surface area contributed by atoms with Crippen molar-refractivity contribution < 1.29 is 13.9 Å². The van der Waals surface area contributed by atoms with Gasteiger partial charge in [0.1, 0.15) is 0 Å². The van der Waals surface area contributed by atoms with Gasteiger partial charge in [-0.2, -0.15) is 0 Å². The zero-order valence-corrected chi connectivity index (χ0v) is 14.9. The molecule has 0 saturated heterocycles. The Morgan fingerprint density at radius 1 is 1.04 bits per heavy atom. The third-order valence-electron chi connectivity index (χ3n) is 4.63.